The Morgan fingerprint density at radius 2 is 1.91 bits per heavy atom. The lowest BCUT2D eigenvalue weighted by Crippen LogP contribution is -2.41. The number of carbonyl (C=O) groups excluding carboxylic acids is 2. The second kappa shape index (κ2) is 9.56. The molecule has 0 aliphatic carbocycles. The summed E-state index contributed by atoms with van der Waals surface area (Å²) in [5.74, 6) is 0.434. The summed E-state index contributed by atoms with van der Waals surface area (Å²) < 4.78 is 10.9. The highest BCUT2D eigenvalue weighted by atomic mass is 16.5. The van der Waals surface area contributed by atoms with Crippen molar-refractivity contribution in [2.75, 3.05) is 30.4 Å². The van der Waals surface area contributed by atoms with Crippen molar-refractivity contribution in [3.05, 3.63) is 54.1 Å². The Labute approximate surface area is 185 Å². The maximum atomic E-state index is 12.8. The minimum atomic E-state index is -1.22. The van der Waals surface area contributed by atoms with Crippen LogP contribution in [-0.2, 0) is 16.0 Å². The Balaban J connectivity index is 1.29. The van der Waals surface area contributed by atoms with E-state index in [9.17, 15) is 19.8 Å². The Morgan fingerprint density at radius 3 is 2.72 bits per heavy atom. The first-order chi connectivity index (χ1) is 15.5. The number of carbonyl (C=O) groups is 2. The summed E-state index contributed by atoms with van der Waals surface area (Å²) in [5, 5.41) is 26.0. The highest BCUT2D eigenvalue weighted by Gasteiger charge is 2.44. The second-order valence-electron chi connectivity index (χ2n) is 7.89. The van der Waals surface area contributed by atoms with Gasteiger partial charge in [0, 0.05) is 30.5 Å². The van der Waals surface area contributed by atoms with Crippen LogP contribution in [0.5, 0.6) is 5.75 Å². The molecule has 2 aromatic carbocycles. The molecular formula is C23H27N3O6. The summed E-state index contributed by atoms with van der Waals surface area (Å²) in [6, 6.07) is 14.1. The largest absolute Gasteiger partial charge is 0.497 e. The van der Waals surface area contributed by atoms with Crippen molar-refractivity contribution >= 4 is 23.3 Å². The van der Waals surface area contributed by atoms with Gasteiger partial charge in [-0.1, -0.05) is 24.3 Å². The average Bonchev–Trinajstić information content (AvgIpc) is 3.34. The molecule has 0 aromatic heterocycles. The van der Waals surface area contributed by atoms with Crippen molar-refractivity contribution in [3.63, 3.8) is 0 Å². The number of benzene rings is 2. The van der Waals surface area contributed by atoms with Crippen molar-refractivity contribution in [2.45, 2.75) is 37.3 Å². The number of fused-ring (bicyclic) bond motifs is 1. The fourth-order valence-electron chi connectivity index (χ4n) is 4.11. The Hall–Kier alpha value is -3.14. The molecule has 4 N–H and O–H groups in total. The van der Waals surface area contributed by atoms with Gasteiger partial charge in [0.1, 0.15) is 24.1 Å². The molecule has 1 fully saturated rings. The summed E-state index contributed by atoms with van der Waals surface area (Å²) in [7, 11) is 1.53. The number of amides is 3. The molecule has 2 aliphatic rings. The minimum Gasteiger partial charge on any atom is -0.497 e. The molecular weight excluding hydrogens is 414 g/mol. The molecule has 170 valence electrons. The first-order valence-electron chi connectivity index (χ1n) is 10.5. The molecule has 0 radical (unpaired) electrons. The van der Waals surface area contributed by atoms with Crippen LogP contribution in [0.25, 0.3) is 0 Å². The number of aliphatic hydroxyl groups excluding tert-OH is 2. The van der Waals surface area contributed by atoms with Gasteiger partial charge in [0.2, 0.25) is 5.91 Å². The van der Waals surface area contributed by atoms with Gasteiger partial charge in [-0.15, -0.1) is 0 Å². The van der Waals surface area contributed by atoms with Crippen LogP contribution < -0.4 is 20.3 Å². The SMILES string of the molecule is COc1cccc(NC(=O)NCC2OC(CC(=O)N3CCc4ccccc43)C(O)C2O)c1. The van der Waals surface area contributed by atoms with E-state index < -0.39 is 30.4 Å². The van der Waals surface area contributed by atoms with E-state index >= 15 is 0 Å². The number of aliphatic hydroxyl groups is 2. The molecule has 0 bridgehead atoms. The first-order valence-corrected chi connectivity index (χ1v) is 10.5. The zero-order valence-corrected chi connectivity index (χ0v) is 17.7. The van der Waals surface area contributed by atoms with Crippen LogP contribution in [0.1, 0.15) is 12.0 Å². The van der Waals surface area contributed by atoms with Gasteiger partial charge < -0.3 is 35.2 Å². The van der Waals surface area contributed by atoms with Crippen LogP contribution in [0, 0.1) is 0 Å². The molecule has 4 unspecified atom stereocenters. The number of nitrogens with zero attached hydrogens (tertiary/aromatic N) is 1. The summed E-state index contributed by atoms with van der Waals surface area (Å²) in [6.07, 6.45) is -3.38. The van der Waals surface area contributed by atoms with Crippen molar-refractivity contribution in [1.29, 1.82) is 0 Å². The maximum absolute atomic E-state index is 12.8. The lowest BCUT2D eigenvalue weighted by atomic mass is 10.0. The molecule has 0 saturated carbocycles. The van der Waals surface area contributed by atoms with E-state index in [1.807, 2.05) is 24.3 Å². The normalized spacial score (nSPS) is 24.2. The Morgan fingerprint density at radius 1 is 1.12 bits per heavy atom. The number of ether oxygens (including phenoxy) is 2. The minimum absolute atomic E-state index is 0.0226. The monoisotopic (exact) mass is 441 g/mol. The standard InChI is InChI=1S/C23H27N3O6/c1-31-16-7-4-6-15(11-16)25-23(30)24-13-19-22(29)21(28)18(32-19)12-20(27)26-10-9-14-5-2-3-8-17(14)26/h2-8,11,18-19,21-22,28-29H,9-10,12-13H2,1H3,(H2,24,25,30). The zero-order valence-electron chi connectivity index (χ0n) is 17.7. The van der Waals surface area contributed by atoms with E-state index in [0.29, 0.717) is 18.0 Å². The van der Waals surface area contributed by atoms with Crippen molar-refractivity contribution in [2.24, 2.45) is 0 Å². The molecule has 1 saturated heterocycles. The van der Waals surface area contributed by atoms with E-state index in [0.717, 1.165) is 17.7 Å². The summed E-state index contributed by atoms with van der Waals surface area (Å²) >= 11 is 0. The third kappa shape index (κ3) is 4.69. The van der Waals surface area contributed by atoms with Gasteiger partial charge in [-0.3, -0.25) is 4.79 Å². The van der Waals surface area contributed by atoms with Gasteiger partial charge in [-0.05, 0) is 30.2 Å². The molecule has 9 heteroatoms. The van der Waals surface area contributed by atoms with Gasteiger partial charge in [-0.2, -0.15) is 0 Å². The third-order valence-corrected chi connectivity index (χ3v) is 5.82. The van der Waals surface area contributed by atoms with Gasteiger partial charge in [-0.25, -0.2) is 4.79 Å². The van der Waals surface area contributed by atoms with Crippen LogP contribution in [0.3, 0.4) is 0 Å². The van der Waals surface area contributed by atoms with Crippen molar-refractivity contribution in [3.8, 4) is 5.75 Å². The molecule has 32 heavy (non-hydrogen) atoms. The van der Waals surface area contributed by atoms with E-state index in [1.54, 1.807) is 29.2 Å². The predicted octanol–water partition coefficient (Wildman–Crippen LogP) is 1.29. The van der Waals surface area contributed by atoms with Crippen molar-refractivity contribution < 1.29 is 29.3 Å². The Kier molecular flexibility index (Phi) is 6.59. The first kappa shape index (κ1) is 22.1. The summed E-state index contributed by atoms with van der Waals surface area (Å²) in [5.41, 5.74) is 2.53. The number of para-hydroxylation sites is 1. The second-order valence-corrected chi connectivity index (χ2v) is 7.89. The molecule has 9 nitrogen and oxygen atoms in total. The molecule has 2 aliphatic heterocycles. The van der Waals surface area contributed by atoms with Crippen LogP contribution in [0.4, 0.5) is 16.2 Å². The predicted molar refractivity (Wildman–Crippen MR) is 118 cm³/mol. The number of urea groups is 1. The summed E-state index contributed by atoms with van der Waals surface area (Å²) in [6.45, 7) is 0.560. The smallest absolute Gasteiger partial charge is 0.319 e. The zero-order chi connectivity index (χ0) is 22.7. The Bertz CT molecular complexity index is 984. The molecule has 0 spiro atoms. The summed E-state index contributed by atoms with van der Waals surface area (Å²) in [4.78, 5) is 26.7. The van der Waals surface area contributed by atoms with Crippen molar-refractivity contribution in [1.82, 2.24) is 5.32 Å². The van der Waals surface area contributed by atoms with Gasteiger partial charge >= 0.3 is 6.03 Å². The van der Waals surface area contributed by atoms with Crippen LogP contribution >= 0.6 is 0 Å². The molecule has 4 rings (SSSR count). The highest BCUT2D eigenvalue weighted by molar-refractivity contribution is 5.95. The molecule has 4 atom stereocenters. The number of hydrogen-bond donors (Lipinski definition) is 4. The van der Waals surface area contributed by atoms with E-state index in [4.69, 9.17) is 9.47 Å². The number of anilines is 2. The van der Waals surface area contributed by atoms with E-state index in [2.05, 4.69) is 10.6 Å². The van der Waals surface area contributed by atoms with Crippen LogP contribution in [-0.4, -0.2) is 66.8 Å². The van der Waals surface area contributed by atoms with Gasteiger partial charge in [0.15, 0.2) is 0 Å². The van der Waals surface area contributed by atoms with Crippen LogP contribution in [0.15, 0.2) is 48.5 Å². The highest BCUT2D eigenvalue weighted by Crippen LogP contribution is 2.30. The maximum Gasteiger partial charge on any atom is 0.319 e. The number of nitrogens with one attached hydrogen (secondary N) is 2. The van der Waals surface area contributed by atoms with Gasteiger partial charge in [0.25, 0.3) is 0 Å². The number of methoxy groups -OCH3 is 1. The molecule has 2 aromatic rings. The lowest BCUT2D eigenvalue weighted by molar-refractivity contribution is -0.122. The average molecular weight is 441 g/mol. The molecule has 2 heterocycles. The van der Waals surface area contributed by atoms with Crippen LogP contribution in [0.2, 0.25) is 0 Å². The van der Waals surface area contributed by atoms with Gasteiger partial charge in [0.05, 0.1) is 19.6 Å². The fraction of sp³-hybridized carbons (Fsp3) is 0.391. The fourth-order valence-corrected chi connectivity index (χ4v) is 4.11. The van der Waals surface area contributed by atoms with E-state index in [-0.39, 0.29) is 18.9 Å². The lowest BCUT2D eigenvalue weighted by Gasteiger charge is -2.21. The quantitative estimate of drug-likeness (QED) is 0.536. The number of rotatable bonds is 6. The third-order valence-electron chi connectivity index (χ3n) is 5.82. The molecule has 3 amide bonds. The number of hydrogen-bond acceptors (Lipinski definition) is 6. The van der Waals surface area contributed by atoms with E-state index in [1.165, 1.54) is 7.11 Å². The topological polar surface area (TPSA) is 120 Å².